The Bertz CT molecular complexity index is 871. The van der Waals surface area contributed by atoms with Gasteiger partial charge in [-0.15, -0.1) is 5.10 Å². The number of hydrogen-bond acceptors (Lipinski definition) is 4. The summed E-state index contributed by atoms with van der Waals surface area (Å²) in [4.78, 5) is 3.05. The minimum absolute atomic E-state index is 0.0690. The predicted octanol–water partition coefficient (Wildman–Crippen LogP) is -0.876. The van der Waals surface area contributed by atoms with Crippen molar-refractivity contribution < 1.29 is 14.9 Å². The van der Waals surface area contributed by atoms with Gasteiger partial charge in [-0.2, -0.15) is 0 Å². The quantitative estimate of drug-likeness (QED) is 0.520. The zero-order valence-corrected chi connectivity index (χ0v) is 16.3. The molecule has 1 atom stereocenters. The first-order chi connectivity index (χ1) is 13.7. The Morgan fingerprint density at radius 1 is 1.00 bits per heavy atom. The van der Waals surface area contributed by atoms with E-state index in [2.05, 4.69) is 46.8 Å². The number of piperazine rings is 1. The summed E-state index contributed by atoms with van der Waals surface area (Å²) in [6.45, 7) is 5.16. The number of likely N-dealkylation sites (N-methyl/N-ethyl adjacent to an activating group) is 1. The zero-order chi connectivity index (χ0) is 19.3. The lowest BCUT2D eigenvalue weighted by Gasteiger charge is -2.32. The Balaban J connectivity index is 1.61. The van der Waals surface area contributed by atoms with Gasteiger partial charge in [0.15, 0.2) is 6.04 Å². The number of phenolic OH excluding ortho intramolecular Hbond substituents is 1. The monoisotopic (exact) mass is 380 g/mol. The van der Waals surface area contributed by atoms with Gasteiger partial charge in [0.2, 0.25) is 5.82 Å². The summed E-state index contributed by atoms with van der Waals surface area (Å²) in [6.07, 6.45) is 0.892. The third kappa shape index (κ3) is 4.21. The summed E-state index contributed by atoms with van der Waals surface area (Å²) in [6, 6.07) is 18.0. The smallest absolute Gasteiger partial charge is 0.214 e. The van der Waals surface area contributed by atoms with Crippen molar-refractivity contribution in [2.75, 3.05) is 33.2 Å². The molecule has 1 saturated heterocycles. The van der Waals surface area contributed by atoms with Crippen molar-refractivity contribution in [2.45, 2.75) is 19.0 Å². The topological polar surface area (TPSA) is 72.7 Å². The molecular formula is C21H28N6O+2. The fourth-order valence-corrected chi connectivity index (χ4v) is 3.98. The molecule has 1 aliphatic heterocycles. The molecule has 1 aliphatic rings. The number of nitrogens with one attached hydrogen (secondary N) is 2. The van der Waals surface area contributed by atoms with Crippen LogP contribution in [-0.4, -0.2) is 58.5 Å². The second kappa shape index (κ2) is 8.50. The normalized spacial score (nSPS) is 20.8. The number of quaternary nitrogens is 2. The van der Waals surface area contributed by atoms with Crippen molar-refractivity contribution in [3.63, 3.8) is 0 Å². The predicted molar refractivity (Wildman–Crippen MR) is 105 cm³/mol. The number of aromatic nitrogens is 4. The van der Waals surface area contributed by atoms with E-state index in [4.69, 9.17) is 0 Å². The van der Waals surface area contributed by atoms with Gasteiger partial charge >= 0.3 is 0 Å². The lowest BCUT2D eigenvalue weighted by molar-refractivity contribution is -1.02. The zero-order valence-electron chi connectivity index (χ0n) is 16.3. The molecule has 0 unspecified atom stereocenters. The molecule has 0 aliphatic carbocycles. The molecule has 0 bridgehead atoms. The highest BCUT2D eigenvalue weighted by Gasteiger charge is 2.34. The summed E-state index contributed by atoms with van der Waals surface area (Å²) < 4.78 is 1.95. The maximum atomic E-state index is 9.72. The Kier molecular flexibility index (Phi) is 5.64. The SMILES string of the molecule is C[NH+]1CC[NH+]([C@@H](c2ccc(O)cc2)c2nnnn2CCc2ccccc2)CC1. The van der Waals surface area contributed by atoms with Crippen LogP contribution in [-0.2, 0) is 13.0 Å². The van der Waals surface area contributed by atoms with Crippen molar-refractivity contribution >= 4 is 0 Å². The second-order valence-corrected chi connectivity index (χ2v) is 7.64. The van der Waals surface area contributed by atoms with E-state index in [0.717, 1.165) is 50.5 Å². The second-order valence-electron chi connectivity index (χ2n) is 7.64. The third-order valence-corrected chi connectivity index (χ3v) is 5.65. The van der Waals surface area contributed by atoms with Crippen LogP contribution < -0.4 is 9.80 Å². The summed E-state index contributed by atoms with van der Waals surface area (Å²) in [5, 5.41) is 22.5. The number of tetrazole rings is 1. The van der Waals surface area contributed by atoms with Crippen LogP contribution in [0.2, 0.25) is 0 Å². The number of aryl methyl sites for hydroxylation is 2. The van der Waals surface area contributed by atoms with Gasteiger partial charge in [0, 0.05) is 12.1 Å². The van der Waals surface area contributed by atoms with Crippen LogP contribution in [0.3, 0.4) is 0 Å². The molecular weight excluding hydrogens is 352 g/mol. The highest BCUT2D eigenvalue weighted by Crippen LogP contribution is 2.20. The van der Waals surface area contributed by atoms with E-state index in [1.54, 1.807) is 17.0 Å². The largest absolute Gasteiger partial charge is 0.508 e. The van der Waals surface area contributed by atoms with Crippen LogP contribution in [0.4, 0.5) is 0 Å². The summed E-state index contributed by atoms with van der Waals surface area (Å²) in [5.74, 6) is 1.18. The van der Waals surface area contributed by atoms with E-state index >= 15 is 0 Å². The molecule has 146 valence electrons. The molecule has 3 aromatic rings. The van der Waals surface area contributed by atoms with Crippen molar-refractivity contribution in [3.05, 3.63) is 71.5 Å². The minimum Gasteiger partial charge on any atom is -0.508 e. The van der Waals surface area contributed by atoms with E-state index in [1.165, 1.54) is 10.5 Å². The summed E-state index contributed by atoms with van der Waals surface area (Å²) >= 11 is 0. The molecule has 0 amide bonds. The van der Waals surface area contributed by atoms with Crippen LogP contribution >= 0.6 is 0 Å². The third-order valence-electron chi connectivity index (χ3n) is 5.65. The first-order valence-corrected chi connectivity index (χ1v) is 9.95. The Hall–Kier alpha value is -2.77. The number of rotatable bonds is 6. The average molecular weight is 380 g/mol. The van der Waals surface area contributed by atoms with Crippen molar-refractivity contribution in [1.82, 2.24) is 20.2 Å². The molecule has 1 fully saturated rings. The van der Waals surface area contributed by atoms with Gasteiger partial charge in [-0.1, -0.05) is 30.3 Å². The van der Waals surface area contributed by atoms with Crippen LogP contribution in [0.25, 0.3) is 0 Å². The van der Waals surface area contributed by atoms with Gasteiger partial charge in [-0.25, -0.2) is 4.68 Å². The van der Waals surface area contributed by atoms with Gasteiger partial charge in [0.05, 0.1) is 7.05 Å². The van der Waals surface area contributed by atoms with Crippen molar-refractivity contribution in [1.29, 1.82) is 0 Å². The molecule has 3 N–H and O–H groups in total. The van der Waals surface area contributed by atoms with Gasteiger partial charge in [0.25, 0.3) is 0 Å². The minimum atomic E-state index is 0.0690. The molecule has 0 spiro atoms. The number of hydrogen-bond donors (Lipinski definition) is 3. The average Bonchev–Trinajstić information content (AvgIpc) is 3.18. The molecule has 7 heteroatoms. The van der Waals surface area contributed by atoms with E-state index < -0.39 is 0 Å². The summed E-state index contributed by atoms with van der Waals surface area (Å²) in [5.41, 5.74) is 2.42. The van der Waals surface area contributed by atoms with Crippen LogP contribution in [0.15, 0.2) is 54.6 Å². The van der Waals surface area contributed by atoms with Crippen LogP contribution in [0.5, 0.6) is 5.75 Å². The lowest BCUT2D eigenvalue weighted by atomic mass is 10.0. The lowest BCUT2D eigenvalue weighted by Crippen LogP contribution is -3.27. The number of nitrogens with zero attached hydrogens (tertiary/aromatic N) is 4. The molecule has 7 nitrogen and oxygen atoms in total. The maximum absolute atomic E-state index is 9.72. The van der Waals surface area contributed by atoms with E-state index in [1.807, 2.05) is 22.9 Å². The highest BCUT2D eigenvalue weighted by atomic mass is 16.3. The maximum Gasteiger partial charge on any atom is 0.214 e. The van der Waals surface area contributed by atoms with Crippen molar-refractivity contribution in [3.8, 4) is 5.75 Å². The summed E-state index contributed by atoms with van der Waals surface area (Å²) in [7, 11) is 2.25. The molecule has 4 rings (SSSR count). The van der Waals surface area contributed by atoms with E-state index in [9.17, 15) is 5.11 Å². The first-order valence-electron chi connectivity index (χ1n) is 9.95. The van der Waals surface area contributed by atoms with E-state index in [-0.39, 0.29) is 11.8 Å². The van der Waals surface area contributed by atoms with E-state index in [0.29, 0.717) is 0 Å². The van der Waals surface area contributed by atoms with Gasteiger partial charge in [0.1, 0.15) is 31.9 Å². The number of phenols is 1. The van der Waals surface area contributed by atoms with Crippen LogP contribution in [0.1, 0.15) is 23.0 Å². The molecule has 2 aromatic carbocycles. The van der Waals surface area contributed by atoms with Crippen LogP contribution in [0, 0.1) is 0 Å². The Morgan fingerprint density at radius 3 is 2.43 bits per heavy atom. The van der Waals surface area contributed by atoms with Gasteiger partial charge in [-0.05, 0) is 46.7 Å². The fourth-order valence-electron chi connectivity index (χ4n) is 3.98. The molecule has 1 aromatic heterocycles. The highest BCUT2D eigenvalue weighted by molar-refractivity contribution is 5.29. The molecule has 28 heavy (non-hydrogen) atoms. The van der Waals surface area contributed by atoms with Gasteiger partial charge in [-0.3, -0.25) is 0 Å². The molecule has 0 radical (unpaired) electrons. The molecule has 0 saturated carbocycles. The Labute approximate surface area is 165 Å². The standard InChI is InChI=1S/C21H26N6O/c1-25-13-15-26(16-14-25)20(18-7-9-19(28)10-8-18)21-22-23-24-27(21)12-11-17-5-3-2-4-6-17/h2-10,20,28H,11-16H2,1H3/p+2/t20-/m0/s1. The first kappa shape index (κ1) is 18.6. The molecule has 2 heterocycles. The fraction of sp³-hybridized carbons (Fsp3) is 0.381. The number of benzene rings is 2. The Morgan fingerprint density at radius 2 is 1.71 bits per heavy atom. The van der Waals surface area contributed by atoms with Gasteiger partial charge < -0.3 is 14.9 Å². The van der Waals surface area contributed by atoms with Crippen molar-refractivity contribution in [2.24, 2.45) is 0 Å². The number of aromatic hydroxyl groups is 1.